The number of halogens is 1. The van der Waals surface area contributed by atoms with Crippen LogP contribution in [0.25, 0.3) is 0 Å². The molecule has 0 bridgehead atoms. The molecule has 0 N–H and O–H groups in total. The molecular weight excluding hydrogens is 447 g/mol. The van der Waals surface area contributed by atoms with Gasteiger partial charge in [0.25, 0.3) is 0 Å². The summed E-state index contributed by atoms with van der Waals surface area (Å²) in [6.45, 7) is 6.47. The lowest BCUT2D eigenvalue weighted by Gasteiger charge is -2.08. The number of carbonyl (C=O) groups excluding carboxylic acids is 3. The van der Waals surface area contributed by atoms with Gasteiger partial charge in [-0.1, -0.05) is 37.1 Å². The highest BCUT2D eigenvalue weighted by Crippen LogP contribution is 2.19. The van der Waals surface area contributed by atoms with Gasteiger partial charge >= 0.3 is 11.9 Å². The standard InChI is InChI=1S/C29H21FO5/c1-3-25(31)17-22-9-7-20(8-10-22)5-6-21-11-13-23(14-12-21)29(33)35-26-16-15-24(27(30)18-26)19-34-28(32)4-2/h3-4,7-16,18H,1-2,17,19H2. The molecule has 0 aliphatic heterocycles. The summed E-state index contributed by atoms with van der Waals surface area (Å²) in [6.07, 6.45) is 2.59. The Balaban J connectivity index is 1.60. The molecule has 0 radical (unpaired) electrons. The second-order valence-corrected chi connectivity index (χ2v) is 7.33. The van der Waals surface area contributed by atoms with E-state index in [9.17, 15) is 18.8 Å². The van der Waals surface area contributed by atoms with Gasteiger partial charge in [0.15, 0.2) is 5.78 Å². The predicted octanol–water partition coefficient (Wildman–Crippen LogP) is 4.97. The van der Waals surface area contributed by atoms with Gasteiger partial charge in [-0.3, -0.25) is 4.79 Å². The van der Waals surface area contributed by atoms with Crippen LogP contribution in [-0.4, -0.2) is 17.7 Å². The van der Waals surface area contributed by atoms with E-state index in [1.807, 2.05) is 24.3 Å². The molecule has 0 spiro atoms. The van der Waals surface area contributed by atoms with Gasteiger partial charge in [0.1, 0.15) is 18.2 Å². The van der Waals surface area contributed by atoms with Gasteiger partial charge in [0, 0.05) is 35.3 Å². The molecule has 3 aromatic rings. The molecule has 0 fully saturated rings. The van der Waals surface area contributed by atoms with Gasteiger partial charge in [0.2, 0.25) is 0 Å². The lowest BCUT2D eigenvalue weighted by Crippen LogP contribution is -2.09. The smallest absolute Gasteiger partial charge is 0.343 e. The van der Waals surface area contributed by atoms with Crippen LogP contribution in [0.2, 0.25) is 0 Å². The van der Waals surface area contributed by atoms with Gasteiger partial charge in [-0.25, -0.2) is 14.0 Å². The van der Waals surface area contributed by atoms with Gasteiger partial charge in [-0.15, -0.1) is 0 Å². The molecule has 3 rings (SSSR count). The number of rotatable bonds is 8. The third-order valence-corrected chi connectivity index (χ3v) is 4.80. The Morgan fingerprint density at radius 3 is 2.06 bits per heavy atom. The molecule has 0 amide bonds. The Morgan fingerprint density at radius 2 is 1.49 bits per heavy atom. The fourth-order valence-electron chi connectivity index (χ4n) is 2.90. The van der Waals surface area contributed by atoms with Crippen LogP contribution in [0.1, 0.15) is 32.6 Å². The molecule has 0 unspecified atom stereocenters. The van der Waals surface area contributed by atoms with Crippen molar-refractivity contribution in [1.82, 2.24) is 0 Å². The normalized spacial score (nSPS) is 9.86. The van der Waals surface area contributed by atoms with E-state index in [0.717, 1.165) is 23.3 Å². The maximum Gasteiger partial charge on any atom is 0.343 e. The highest BCUT2D eigenvalue weighted by atomic mass is 19.1. The van der Waals surface area contributed by atoms with Gasteiger partial charge in [0.05, 0.1) is 5.56 Å². The Labute approximate surface area is 202 Å². The van der Waals surface area contributed by atoms with E-state index in [0.29, 0.717) is 12.0 Å². The minimum absolute atomic E-state index is 0.0217. The first-order valence-corrected chi connectivity index (χ1v) is 10.5. The number of esters is 2. The van der Waals surface area contributed by atoms with Crippen molar-refractivity contribution in [3.8, 4) is 17.6 Å². The summed E-state index contributed by atoms with van der Waals surface area (Å²) in [5.74, 6) is 4.03. The molecule has 0 aliphatic carbocycles. The molecule has 0 aliphatic rings. The van der Waals surface area contributed by atoms with Gasteiger partial charge in [-0.05, 0) is 60.2 Å². The topological polar surface area (TPSA) is 69.7 Å². The lowest BCUT2D eigenvalue weighted by molar-refractivity contribution is -0.139. The number of hydrogen-bond donors (Lipinski definition) is 0. The molecule has 0 saturated carbocycles. The van der Waals surface area contributed by atoms with Crippen molar-refractivity contribution in [3.05, 3.63) is 126 Å². The number of allylic oxidation sites excluding steroid dienone is 1. The zero-order valence-electron chi connectivity index (χ0n) is 18.8. The highest BCUT2D eigenvalue weighted by molar-refractivity contribution is 5.91. The van der Waals surface area contributed by atoms with Crippen LogP contribution >= 0.6 is 0 Å². The van der Waals surface area contributed by atoms with E-state index >= 15 is 0 Å². The lowest BCUT2D eigenvalue weighted by atomic mass is 10.1. The van der Waals surface area contributed by atoms with E-state index in [-0.39, 0.29) is 29.3 Å². The fourth-order valence-corrected chi connectivity index (χ4v) is 2.90. The summed E-state index contributed by atoms with van der Waals surface area (Å²) >= 11 is 0. The Bertz CT molecular complexity index is 1330. The first-order valence-electron chi connectivity index (χ1n) is 10.5. The highest BCUT2D eigenvalue weighted by Gasteiger charge is 2.11. The van der Waals surface area contributed by atoms with Crippen molar-refractivity contribution >= 4 is 17.7 Å². The number of ether oxygens (including phenoxy) is 2. The first kappa shape index (κ1) is 24.9. The van der Waals surface area contributed by atoms with Crippen LogP contribution in [0.4, 0.5) is 4.39 Å². The summed E-state index contributed by atoms with van der Waals surface area (Å²) in [7, 11) is 0. The molecule has 3 aromatic carbocycles. The molecule has 0 aromatic heterocycles. The zero-order valence-corrected chi connectivity index (χ0v) is 18.8. The Kier molecular flexibility index (Phi) is 8.47. The van der Waals surface area contributed by atoms with Crippen molar-refractivity contribution in [1.29, 1.82) is 0 Å². The molecule has 6 heteroatoms. The zero-order chi connectivity index (χ0) is 25.2. The monoisotopic (exact) mass is 468 g/mol. The molecule has 0 heterocycles. The fraction of sp³-hybridized carbons (Fsp3) is 0.0690. The van der Waals surface area contributed by atoms with Crippen molar-refractivity contribution in [2.24, 2.45) is 0 Å². The molecule has 0 saturated heterocycles. The van der Waals surface area contributed by atoms with Crippen LogP contribution in [0.15, 0.2) is 92.0 Å². The summed E-state index contributed by atoms with van der Waals surface area (Å²) in [4.78, 5) is 34.9. The quantitative estimate of drug-likeness (QED) is 0.202. The van der Waals surface area contributed by atoms with Crippen LogP contribution in [0.3, 0.4) is 0 Å². The largest absolute Gasteiger partial charge is 0.458 e. The Hall–Kier alpha value is -4.76. The van der Waals surface area contributed by atoms with Crippen LogP contribution in [0.5, 0.6) is 5.75 Å². The third-order valence-electron chi connectivity index (χ3n) is 4.80. The van der Waals surface area contributed by atoms with Crippen LogP contribution in [0, 0.1) is 17.7 Å². The number of carbonyl (C=O) groups is 3. The van der Waals surface area contributed by atoms with Crippen LogP contribution in [-0.2, 0) is 27.4 Å². The summed E-state index contributed by atoms with van der Waals surface area (Å²) in [5.41, 5.74) is 2.78. The van der Waals surface area contributed by atoms with Crippen molar-refractivity contribution in [2.75, 3.05) is 0 Å². The third kappa shape index (κ3) is 7.37. The van der Waals surface area contributed by atoms with Crippen molar-refractivity contribution in [2.45, 2.75) is 13.0 Å². The van der Waals surface area contributed by atoms with Gasteiger partial charge < -0.3 is 9.47 Å². The van der Waals surface area contributed by atoms with Crippen molar-refractivity contribution in [3.63, 3.8) is 0 Å². The van der Waals surface area contributed by atoms with E-state index in [1.54, 1.807) is 24.3 Å². The second kappa shape index (κ2) is 11.9. The predicted molar refractivity (Wildman–Crippen MR) is 129 cm³/mol. The molecule has 174 valence electrons. The Morgan fingerprint density at radius 1 is 0.857 bits per heavy atom. The summed E-state index contributed by atoms with van der Waals surface area (Å²) in [5, 5.41) is 0. The number of benzene rings is 3. The number of ketones is 1. The average molecular weight is 468 g/mol. The molecule has 5 nitrogen and oxygen atoms in total. The van der Waals surface area contributed by atoms with E-state index < -0.39 is 17.8 Å². The van der Waals surface area contributed by atoms with Crippen molar-refractivity contribution < 1.29 is 28.2 Å². The minimum Gasteiger partial charge on any atom is -0.458 e. The SMILES string of the molecule is C=CC(=O)Cc1ccc(C#Cc2ccc(C(=O)Oc3ccc(COC(=O)C=C)c(F)c3)cc2)cc1. The number of hydrogen-bond acceptors (Lipinski definition) is 5. The second-order valence-electron chi connectivity index (χ2n) is 7.33. The molecule has 0 atom stereocenters. The van der Waals surface area contributed by atoms with Crippen LogP contribution < -0.4 is 4.74 Å². The van der Waals surface area contributed by atoms with Gasteiger partial charge in [-0.2, -0.15) is 0 Å². The summed E-state index contributed by atoms with van der Waals surface area (Å²) < 4.78 is 24.2. The maximum absolute atomic E-state index is 14.2. The minimum atomic E-state index is -0.668. The molecule has 35 heavy (non-hydrogen) atoms. The first-order chi connectivity index (χ1) is 16.9. The summed E-state index contributed by atoms with van der Waals surface area (Å²) in [6, 6.07) is 17.7. The van der Waals surface area contributed by atoms with E-state index in [1.165, 1.54) is 18.2 Å². The molecular formula is C29H21FO5. The van der Waals surface area contributed by atoms with E-state index in [4.69, 9.17) is 9.47 Å². The maximum atomic E-state index is 14.2. The van der Waals surface area contributed by atoms with E-state index in [2.05, 4.69) is 25.0 Å². The average Bonchev–Trinajstić information content (AvgIpc) is 2.87.